The predicted octanol–water partition coefficient (Wildman–Crippen LogP) is 3.15. The number of aryl methyl sites for hydroxylation is 2. The molecule has 1 aromatic carbocycles. The minimum atomic E-state index is 0.548. The van der Waals surface area contributed by atoms with Gasteiger partial charge in [0.1, 0.15) is 5.75 Å². The second-order valence-electron chi connectivity index (χ2n) is 4.76. The summed E-state index contributed by atoms with van der Waals surface area (Å²) in [4.78, 5) is 2.31. The van der Waals surface area contributed by atoms with Crippen molar-refractivity contribution in [3.63, 3.8) is 0 Å². The SMILES string of the molecule is COc1cc(C)c(C)cc1CN(C)C(C)C. The number of nitrogens with zero attached hydrogens (tertiary/aromatic N) is 1. The van der Waals surface area contributed by atoms with Gasteiger partial charge in [-0.05, 0) is 51.9 Å². The largest absolute Gasteiger partial charge is 0.496 e. The van der Waals surface area contributed by atoms with Gasteiger partial charge in [0.05, 0.1) is 7.11 Å². The molecule has 0 aliphatic carbocycles. The second kappa shape index (κ2) is 5.35. The van der Waals surface area contributed by atoms with Gasteiger partial charge in [-0.2, -0.15) is 0 Å². The Bertz CT molecular complexity index is 358. The highest BCUT2D eigenvalue weighted by atomic mass is 16.5. The van der Waals surface area contributed by atoms with E-state index in [4.69, 9.17) is 4.74 Å². The van der Waals surface area contributed by atoms with Crippen LogP contribution in [0.4, 0.5) is 0 Å². The highest BCUT2D eigenvalue weighted by molar-refractivity contribution is 5.41. The fourth-order valence-electron chi connectivity index (χ4n) is 1.61. The van der Waals surface area contributed by atoms with E-state index in [2.05, 4.69) is 51.8 Å². The second-order valence-corrected chi connectivity index (χ2v) is 4.76. The first kappa shape index (κ1) is 13.0. The molecule has 1 rings (SSSR count). The lowest BCUT2D eigenvalue weighted by molar-refractivity contribution is 0.261. The Morgan fingerprint density at radius 2 is 1.75 bits per heavy atom. The summed E-state index contributed by atoms with van der Waals surface area (Å²) in [7, 11) is 3.88. The molecular formula is C14H23NO. The number of hydrogen-bond acceptors (Lipinski definition) is 2. The Balaban J connectivity index is 2.98. The molecule has 0 atom stereocenters. The van der Waals surface area contributed by atoms with E-state index in [1.807, 2.05) is 0 Å². The molecule has 2 heteroatoms. The van der Waals surface area contributed by atoms with Gasteiger partial charge in [-0.1, -0.05) is 6.07 Å². The molecule has 0 aliphatic heterocycles. The lowest BCUT2D eigenvalue weighted by Crippen LogP contribution is -2.25. The fraction of sp³-hybridized carbons (Fsp3) is 0.571. The monoisotopic (exact) mass is 221 g/mol. The lowest BCUT2D eigenvalue weighted by atomic mass is 10.0. The van der Waals surface area contributed by atoms with E-state index >= 15 is 0 Å². The van der Waals surface area contributed by atoms with Gasteiger partial charge in [0.15, 0.2) is 0 Å². The summed E-state index contributed by atoms with van der Waals surface area (Å²) < 4.78 is 5.44. The van der Waals surface area contributed by atoms with Gasteiger partial charge in [-0.3, -0.25) is 4.90 Å². The number of hydrogen-bond donors (Lipinski definition) is 0. The van der Waals surface area contributed by atoms with Crippen molar-refractivity contribution >= 4 is 0 Å². The van der Waals surface area contributed by atoms with Crippen LogP contribution >= 0.6 is 0 Å². The van der Waals surface area contributed by atoms with E-state index in [9.17, 15) is 0 Å². The smallest absolute Gasteiger partial charge is 0.123 e. The lowest BCUT2D eigenvalue weighted by Gasteiger charge is -2.22. The van der Waals surface area contributed by atoms with E-state index in [1.54, 1.807) is 7.11 Å². The Labute approximate surface area is 99.2 Å². The van der Waals surface area contributed by atoms with Crippen molar-refractivity contribution in [3.8, 4) is 5.75 Å². The highest BCUT2D eigenvalue weighted by Gasteiger charge is 2.10. The van der Waals surface area contributed by atoms with Gasteiger partial charge in [-0.15, -0.1) is 0 Å². The molecule has 1 aromatic rings. The average molecular weight is 221 g/mol. The zero-order chi connectivity index (χ0) is 12.3. The molecule has 2 nitrogen and oxygen atoms in total. The van der Waals surface area contributed by atoms with Crippen LogP contribution < -0.4 is 4.74 Å². The summed E-state index contributed by atoms with van der Waals surface area (Å²) in [6, 6.07) is 4.90. The van der Waals surface area contributed by atoms with Gasteiger partial charge in [0.25, 0.3) is 0 Å². The Morgan fingerprint density at radius 1 is 1.19 bits per heavy atom. The average Bonchev–Trinajstić information content (AvgIpc) is 2.22. The normalized spacial score (nSPS) is 11.2. The maximum atomic E-state index is 5.44. The third kappa shape index (κ3) is 2.99. The third-order valence-corrected chi connectivity index (χ3v) is 3.20. The Morgan fingerprint density at radius 3 is 2.25 bits per heavy atom. The summed E-state index contributed by atoms with van der Waals surface area (Å²) in [5.41, 5.74) is 3.88. The molecule has 16 heavy (non-hydrogen) atoms. The number of benzene rings is 1. The van der Waals surface area contributed by atoms with Crippen molar-refractivity contribution in [3.05, 3.63) is 28.8 Å². The molecule has 0 fully saturated rings. The zero-order valence-corrected chi connectivity index (χ0v) is 11.3. The van der Waals surface area contributed by atoms with Crippen LogP contribution in [-0.2, 0) is 6.54 Å². The van der Waals surface area contributed by atoms with E-state index in [1.165, 1.54) is 16.7 Å². The summed E-state index contributed by atoms with van der Waals surface area (Å²) in [5, 5.41) is 0. The number of ether oxygens (including phenoxy) is 1. The quantitative estimate of drug-likeness (QED) is 0.774. The topological polar surface area (TPSA) is 12.5 Å². The molecule has 0 bridgehead atoms. The fourth-order valence-corrected chi connectivity index (χ4v) is 1.61. The number of rotatable bonds is 4. The molecular weight excluding hydrogens is 198 g/mol. The molecule has 0 aliphatic rings. The van der Waals surface area contributed by atoms with Gasteiger partial charge < -0.3 is 4.74 Å². The van der Waals surface area contributed by atoms with E-state index in [0.29, 0.717) is 6.04 Å². The molecule has 0 unspecified atom stereocenters. The standard InChI is InChI=1S/C14H23NO/c1-10(2)15(5)9-13-7-11(3)12(4)8-14(13)16-6/h7-8,10H,9H2,1-6H3. The molecule has 90 valence electrons. The zero-order valence-electron chi connectivity index (χ0n) is 11.3. The molecule has 0 radical (unpaired) electrons. The molecule has 0 heterocycles. The molecule has 0 saturated heterocycles. The van der Waals surface area contributed by atoms with E-state index < -0.39 is 0 Å². The van der Waals surface area contributed by atoms with Crippen LogP contribution in [0.1, 0.15) is 30.5 Å². The van der Waals surface area contributed by atoms with Crippen molar-refractivity contribution < 1.29 is 4.74 Å². The molecule has 0 aromatic heterocycles. The first-order valence-corrected chi connectivity index (χ1v) is 5.80. The van der Waals surface area contributed by atoms with Crippen molar-refractivity contribution in [2.75, 3.05) is 14.2 Å². The minimum Gasteiger partial charge on any atom is -0.496 e. The van der Waals surface area contributed by atoms with Crippen LogP contribution in [0.5, 0.6) is 5.75 Å². The molecule has 0 N–H and O–H groups in total. The first-order chi connectivity index (χ1) is 7.45. The van der Waals surface area contributed by atoms with Gasteiger partial charge in [0.2, 0.25) is 0 Å². The minimum absolute atomic E-state index is 0.548. The van der Waals surface area contributed by atoms with E-state index in [0.717, 1.165) is 12.3 Å². The van der Waals surface area contributed by atoms with E-state index in [-0.39, 0.29) is 0 Å². The van der Waals surface area contributed by atoms with Gasteiger partial charge in [0, 0.05) is 18.2 Å². The van der Waals surface area contributed by atoms with Crippen LogP contribution in [0.15, 0.2) is 12.1 Å². The highest BCUT2D eigenvalue weighted by Crippen LogP contribution is 2.24. The van der Waals surface area contributed by atoms with Gasteiger partial charge in [-0.25, -0.2) is 0 Å². The summed E-state index contributed by atoms with van der Waals surface area (Å²) in [6.07, 6.45) is 0. The summed E-state index contributed by atoms with van der Waals surface area (Å²) in [5.74, 6) is 0.996. The Kier molecular flexibility index (Phi) is 4.36. The maximum absolute atomic E-state index is 5.44. The predicted molar refractivity (Wildman–Crippen MR) is 69.1 cm³/mol. The van der Waals surface area contributed by atoms with Crippen molar-refractivity contribution in [2.24, 2.45) is 0 Å². The summed E-state index contributed by atoms with van der Waals surface area (Å²) >= 11 is 0. The first-order valence-electron chi connectivity index (χ1n) is 5.80. The number of methoxy groups -OCH3 is 1. The molecule has 0 saturated carbocycles. The van der Waals surface area contributed by atoms with Crippen molar-refractivity contribution in [1.82, 2.24) is 4.90 Å². The Hall–Kier alpha value is -1.02. The van der Waals surface area contributed by atoms with Crippen LogP contribution in [-0.4, -0.2) is 25.1 Å². The van der Waals surface area contributed by atoms with Crippen molar-refractivity contribution in [1.29, 1.82) is 0 Å². The molecule has 0 spiro atoms. The molecule has 0 amide bonds. The third-order valence-electron chi connectivity index (χ3n) is 3.20. The van der Waals surface area contributed by atoms with Crippen LogP contribution in [0.3, 0.4) is 0 Å². The summed E-state index contributed by atoms with van der Waals surface area (Å²) in [6.45, 7) is 9.60. The maximum Gasteiger partial charge on any atom is 0.123 e. The van der Waals surface area contributed by atoms with Crippen LogP contribution in [0, 0.1) is 13.8 Å². The van der Waals surface area contributed by atoms with Crippen LogP contribution in [0.25, 0.3) is 0 Å². The van der Waals surface area contributed by atoms with Gasteiger partial charge >= 0.3 is 0 Å². The van der Waals surface area contributed by atoms with Crippen molar-refractivity contribution in [2.45, 2.75) is 40.3 Å². The van der Waals surface area contributed by atoms with Crippen LogP contribution in [0.2, 0.25) is 0 Å².